The summed E-state index contributed by atoms with van der Waals surface area (Å²) in [5.41, 5.74) is 2.20. The van der Waals surface area contributed by atoms with Crippen molar-refractivity contribution in [2.75, 3.05) is 13.2 Å². The summed E-state index contributed by atoms with van der Waals surface area (Å²) in [6.07, 6.45) is 7.02. The number of carbonyl (C=O) groups excluding carboxylic acids is 1. The molecule has 0 N–H and O–H groups in total. The fourth-order valence-corrected chi connectivity index (χ4v) is 4.49. The molecule has 0 radical (unpaired) electrons. The Bertz CT molecular complexity index is 1020. The van der Waals surface area contributed by atoms with Crippen molar-refractivity contribution in [1.29, 1.82) is 0 Å². The molecule has 1 fully saturated rings. The maximum absolute atomic E-state index is 12.0. The number of esters is 1. The molecule has 206 valence electrons. The number of unbranched alkanes of at least 4 members (excludes halogenated alkanes) is 1. The van der Waals surface area contributed by atoms with Gasteiger partial charge in [-0.2, -0.15) is 0 Å². The summed E-state index contributed by atoms with van der Waals surface area (Å²) in [5, 5.41) is 0. The topological polar surface area (TPSA) is 63.2 Å². The predicted octanol–water partition coefficient (Wildman–Crippen LogP) is 6.54. The summed E-state index contributed by atoms with van der Waals surface area (Å²) in [7, 11) is 0. The van der Waals surface area contributed by atoms with E-state index < -0.39 is 24.0 Å². The molecule has 1 aliphatic rings. The Hall–Kier alpha value is -2.77. The van der Waals surface area contributed by atoms with Crippen LogP contribution in [0.25, 0.3) is 0 Å². The summed E-state index contributed by atoms with van der Waals surface area (Å²) in [4.78, 5) is 12.0. The Labute approximate surface area is 227 Å². The van der Waals surface area contributed by atoms with Gasteiger partial charge in [-0.15, -0.1) is 0 Å². The molecule has 0 bridgehead atoms. The van der Waals surface area contributed by atoms with Crippen LogP contribution in [0.3, 0.4) is 0 Å². The number of rotatable bonds is 15. The van der Waals surface area contributed by atoms with Crippen LogP contribution in [0.2, 0.25) is 0 Å². The molecule has 0 saturated carbocycles. The number of allylic oxidation sites excluding steroid dienone is 2. The normalized spacial score (nSPS) is 23.7. The monoisotopic (exact) mass is 522 g/mol. The lowest BCUT2D eigenvalue weighted by Crippen LogP contribution is -2.51. The van der Waals surface area contributed by atoms with Gasteiger partial charge in [0.2, 0.25) is 6.29 Å². The van der Waals surface area contributed by atoms with E-state index in [1.54, 1.807) is 0 Å². The fraction of sp³-hybridized carbons (Fsp3) is 0.469. The molecule has 2 aromatic carbocycles. The third-order valence-electron chi connectivity index (χ3n) is 6.50. The van der Waals surface area contributed by atoms with E-state index in [2.05, 4.69) is 13.0 Å². The van der Waals surface area contributed by atoms with E-state index in [4.69, 9.17) is 23.7 Å². The molecule has 0 spiro atoms. The zero-order chi connectivity index (χ0) is 27.2. The summed E-state index contributed by atoms with van der Waals surface area (Å²) in [6, 6.07) is 20.0. The molecule has 6 nitrogen and oxygen atoms in total. The standard InChI is InChI=1S/C32H42O6/c1-5-7-15-26(14-6-2)24-36-32(4)30(35-23-28-18-12-9-13-19-28)29(38-31(32)37-25(3)33)20-21-34-22-27-16-10-8-11-17-27/h6,8-19,29-31H,5,7,20-24H2,1-4H3. The van der Waals surface area contributed by atoms with Gasteiger partial charge in [-0.1, -0.05) is 92.2 Å². The third-order valence-corrected chi connectivity index (χ3v) is 6.50. The van der Waals surface area contributed by atoms with Gasteiger partial charge >= 0.3 is 5.97 Å². The van der Waals surface area contributed by atoms with Crippen LogP contribution in [0.4, 0.5) is 0 Å². The molecule has 1 aliphatic heterocycles. The lowest BCUT2D eigenvalue weighted by molar-refractivity contribution is -0.217. The number of ether oxygens (including phenoxy) is 5. The first kappa shape index (κ1) is 29.8. The molecule has 4 atom stereocenters. The van der Waals surface area contributed by atoms with Crippen molar-refractivity contribution in [3.8, 4) is 0 Å². The van der Waals surface area contributed by atoms with Crippen molar-refractivity contribution in [3.63, 3.8) is 0 Å². The summed E-state index contributed by atoms with van der Waals surface area (Å²) in [6.45, 7) is 9.14. The van der Waals surface area contributed by atoms with Crippen LogP contribution in [0.1, 0.15) is 58.1 Å². The van der Waals surface area contributed by atoms with E-state index in [0.717, 1.165) is 29.5 Å². The molecule has 0 amide bonds. The number of benzene rings is 2. The van der Waals surface area contributed by atoms with Crippen molar-refractivity contribution in [1.82, 2.24) is 0 Å². The second kappa shape index (κ2) is 15.6. The highest BCUT2D eigenvalue weighted by molar-refractivity contribution is 5.66. The summed E-state index contributed by atoms with van der Waals surface area (Å²) < 4.78 is 30.9. The lowest BCUT2D eigenvalue weighted by atomic mass is 9.95. The van der Waals surface area contributed by atoms with E-state index >= 15 is 0 Å². The van der Waals surface area contributed by atoms with Crippen LogP contribution in [0, 0.1) is 0 Å². The SMILES string of the molecule is CC=CC(=CCCC)COC1(C)C(OC(C)=O)OC(CCOCc2ccccc2)C1OCc1ccccc1. The van der Waals surface area contributed by atoms with Crippen LogP contribution >= 0.6 is 0 Å². The van der Waals surface area contributed by atoms with Gasteiger partial charge in [0.1, 0.15) is 6.10 Å². The second-order valence-corrected chi connectivity index (χ2v) is 9.70. The van der Waals surface area contributed by atoms with Crippen molar-refractivity contribution < 1.29 is 28.5 Å². The van der Waals surface area contributed by atoms with Crippen LogP contribution in [-0.4, -0.2) is 43.3 Å². The first-order valence-corrected chi connectivity index (χ1v) is 13.5. The highest BCUT2D eigenvalue weighted by Gasteiger charge is 2.57. The minimum Gasteiger partial charge on any atom is -0.433 e. The van der Waals surface area contributed by atoms with Crippen molar-refractivity contribution >= 4 is 5.97 Å². The van der Waals surface area contributed by atoms with Gasteiger partial charge in [-0.3, -0.25) is 4.79 Å². The predicted molar refractivity (Wildman–Crippen MR) is 148 cm³/mol. The number of carbonyl (C=O) groups is 1. The van der Waals surface area contributed by atoms with Crippen molar-refractivity contribution in [3.05, 3.63) is 95.6 Å². The quantitative estimate of drug-likeness (QED) is 0.150. The molecule has 1 heterocycles. The van der Waals surface area contributed by atoms with Gasteiger partial charge in [-0.25, -0.2) is 0 Å². The number of hydrogen-bond acceptors (Lipinski definition) is 6. The molecule has 0 aromatic heterocycles. The fourth-order valence-electron chi connectivity index (χ4n) is 4.49. The Morgan fingerprint density at radius 2 is 1.68 bits per heavy atom. The Morgan fingerprint density at radius 1 is 1.03 bits per heavy atom. The smallest absolute Gasteiger partial charge is 0.305 e. The molecule has 2 aromatic rings. The lowest BCUT2D eigenvalue weighted by Gasteiger charge is -2.34. The van der Waals surface area contributed by atoms with Crippen LogP contribution in [0.5, 0.6) is 0 Å². The highest BCUT2D eigenvalue weighted by atomic mass is 16.7. The zero-order valence-electron chi connectivity index (χ0n) is 23.1. The van der Waals surface area contributed by atoms with Gasteiger partial charge in [-0.05, 0) is 43.4 Å². The molecule has 4 unspecified atom stereocenters. The van der Waals surface area contributed by atoms with Crippen molar-refractivity contribution in [2.24, 2.45) is 0 Å². The summed E-state index contributed by atoms with van der Waals surface area (Å²) >= 11 is 0. The second-order valence-electron chi connectivity index (χ2n) is 9.70. The maximum atomic E-state index is 12.0. The molecular weight excluding hydrogens is 480 g/mol. The number of hydrogen-bond donors (Lipinski definition) is 0. The van der Waals surface area contributed by atoms with Crippen LogP contribution < -0.4 is 0 Å². The molecule has 3 rings (SSSR count). The van der Waals surface area contributed by atoms with E-state index in [9.17, 15) is 4.79 Å². The van der Waals surface area contributed by atoms with E-state index in [-0.39, 0.29) is 6.10 Å². The van der Waals surface area contributed by atoms with Gasteiger partial charge < -0.3 is 23.7 Å². The minimum atomic E-state index is -1.02. The Balaban J connectivity index is 1.78. The largest absolute Gasteiger partial charge is 0.433 e. The third kappa shape index (κ3) is 8.91. The summed E-state index contributed by atoms with van der Waals surface area (Å²) in [5.74, 6) is -0.428. The molecule has 0 aliphatic carbocycles. The van der Waals surface area contributed by atoms with Gasteiger partial charge in [0.25, 0.3) is 0 Å². The molecular formula is C32H42O6. The van der Waals surface area contributed by atoms with Crippen molar-refractivity contribution in [2.45, 2.75) is 84.3 Å². The van der Waals surface area contributed by atoms with Crippen LogP contribution in [-0.2, 0) is 41.7 Å². The molecule has 38 heavy (non-hydrogen) atoms. The minimum absolute atomic E-state index is 0.352. The average molecular weight is 523 g/mol. The van der Waals surface area contributed by atoms with Crippen LogP contribution in [0.15, 0.2) is 84.5 Å². The Morgan fingerprint density at radius 3 is 2.29 bits per heavy atom. The molecule has 6 heteroatoms. The Kier molecular flexibility index (Phi) is 12.2. The average Bonchev–Trinajstić information content (AvgIpc) is 3.17. The first-order valence-electron chi connectivity index (χ1n) is 13.5. The van der Waals surface area contributed by atoms with E-state index in [1.807, 2.05) is 86.7 Å². The maximum Gasteiger partial charge on any atom is 0.305 e. The van der Waals surface area contributed by atoms with Gasteiger partial charge in [0, 0.05) is 13.5 Å². The van der Waals surface area contributed by atoms with E-state index in [1.165, 1.54) is 6.92 Å². The zero-order valence-corrected chi connectivity index (χ0v) is 23.1. The van der Waals surface area contributed by atoms with Gasteiger partial charge in [0.05, 0.1) is 25.9 Å². The van der Waals surface area contributed by atoms with E-state index in [0.29, 0.717) is 32.8 Å². The van der Waals surface area contributed by atoms with Gasteiger partial charge in [0.15, 0.2) is 5.60 Å². The highest BCUT2D eigenvalue weighted by Crippen LogP contribution is 2.39. The molecule has 1 saturated heterocycles. The first-order chi connectivity index (χ1) is 18.5.